The summed E-state index contributed by atoms with van der Waals surface area (Å²) in [4.78, 5) is 17.8. The van der Waals surface area contributed by atoms with E-state index in [2.05, 4.69) is 17.6 Å². The molecule has 0 radical (unpaired) electrons. The van der Waals surface area contributed by atoms with Crippen molar-refractivity contribution in [2.45, 2.75) is 71.3 Å². The monoisotopic (exact) mass is 486 g/mol. The van der Waals surface area contributed by atoms with Crippen LogP contribution in [0.1, 0.15) is 68.6 Å². The number of amidine groups is 1. The van der Waals surface area contributed by atoms with Crippen molar-refractivity contribution in [1.29, 1.82) is 0 Å². The average molecular weight is 487 g/mol. The van der Waals surface area contributed by atoms with Crippen LogP contribution in [0.4, 0.5) is 5.69 Å². The molecule has 2 N–H and O–H groups in total. The Bertz CT molecular complexity index is 1070. The molecule has 3 aliphatic rings. The second-order valence-corrected chi connectivity index (χ2v) is 11.9. The quantitative estimate of drug-likeness (QED) is 0.630. The van der Waals surface area contributed by atoms with Gasteiger partial charge in [-0.1, -0.05) is 13.3 Å². The number of amides is 1. The number of hydrogen-bond donors (Lipinski definition) is 2. The van der Waals surface area contributed by atoms with Gasteiger partial charge in [-0.15, -0.1) is 0 Å². The van der Waals surface area contributed by atoms with Gasteiger partial charge in [0.2, 0.25) is 10.0 Å². The fourth-order valence-electron chi connectivity index (χ4n) is 5.65. The summed E-state index contributed by atoms with van der Waals surface area (Å²) in [7, 11) is -1.71. The molecular weight excluding hydrogens is 448 g/mol. The molecule has 7 nitrogen and oxygen atoms in total. The Morgan fingerprint density at radius 2 is 1.76 bits per heavy atom. The van der Waals surface area contributed by atoms with Gasteiger partial charge in [0.1, 0.15) is 11.4 Å². The van der Waals surface area contributed by atoms with Crippen LogP contribution in [0, 0.1) is 25.7 Å². The van der Waals surface area contributed by atoms with Crippen molar-refractivity contribution in [1.82, 2.24) is 9.62 Å². The molecular formula is C26H38N4O3S. The van der Waals surface area contributed by atoms with Gasteiger partial charge in [0.05, 0.1) is 0 Å². The lowest BCUT2D eigenvalue weighted by Crippen LogP contribution is -2.50. The van der Waals surface area contributed by atoms with Crippen LogP contribution >= 0.6 is 0 Å². The van der Waals surface area contributed by atoms with Crippen LogP contribution in [-0.4, -0.2) is 50.1 Å². The number of nitrogens with one attached hydrogen (secondary N) is 2. The maximum Gasteiger partial charge on any atom is 0.253 e. The zero-order chi connectivity index (χ0) is 24.5. The summed E-state index contributed by atoms with van der Waals surface area (Å²) < 4.78 is 27.6. The Kier molecular flexibility index (Phi) is 7.20. The number of hydrogen-bond acceptors (Lipinski definition) is 5. The number of aryl methyl sites for hydroxylation is 2. The SMILES string of the molecule is CCC1CCC(C2=NC3(CCN(S(=O)(=O)/C=C/c4c(C)cc(NC)cc4C)CC3)C(=O)N2)CC1. The molecule has 0 aromatic heterocycles. The maximum absolute atomic E-state index is 13.1. The number of sulfonamides is 1. The van der Waals surface area contributed by atoms with E-state index in [-0.39, 0.29) is 5.91 Å². The third kappa shape index (κ3) is 4.93. The van der Waals surface area contributed by atoms with Crippen molar-refractivity contribution in [2.24, 2.45) is 16.8 Å². The van der Waals surface area contributed by atoms with Gasteiger partial charge in [-0.05, 0) is 93.2 Å². The lowest BCUT2D eigenvalue weighted by molar-refractivity contribution is -0.124. The fraction of sp³-hybridized carbons (Fsp3) is 0.615. The molecule has 2 aliphatic heterocycles. The summed E-state index contributed by atoms with van der Waals surface area (Å²) >= 11 is 0. The van der Waals surface area contributed by atoms with Gasteiger partial charge in [-0.3, -0.25) is 9.79 Å². The molecule has 0 bridgehead atoms. The lowest BCUT2D eigenvalue weighted by Gasteiger charge is -2.34. The second-order valence-electron chi connectivity index (χ2n) is 10.1. The largest absolute Gasteiger partial charge is 0.388 e. The van der Waals surface area contributed by atoms with E-state index in [4.69, 9.17) is 4.99 Å². The minimum atomic E-state index is -3.58. The van der Waals surface area contributed by atoms with Crippen LogP contribution in [0.5, 0.6) is 0 Å². The first-order chi connectivity index (χ1) is 16.2. The molecule has 1 spiro atoms. The number of nitrogens with zero attached hydrogens (tertiary/aromatic N) is 2. The highest BCUT2D eigenvalue weighted by atomic mass is 32.2. The van der Waals surface area contributed by atoms with E-state index in [1.807, 2.05) is 33.0 Å². The Labute approximate surface area is 204 Å². The van der Waals surface area contributed by atoms with Gasteiger partial charge in [0.25, 0.3) is 5.91 Å². The first kappa shape index (κ1) is 24.9. The molecule has 0 unspecified atom stereocenters. The number of benzene rings is 1. The van der Waals surface area contributed by atoms with E-state index >= 15 is 0 Å². The molecule has 1 aromatic rings. The summed E-state index contributed by atoms with van der Waals surface area (Å²) in [5, 5.41) is 7.49. The second kappa shape index (κ2) is 9.82. The summed E-state index contributed by atoms with van der Waals surface area (Å²) in [6, 6.07) is 4.01. The lowest BCUT2D eigenvalue weighted by atomic mass is 9.80. The van der Waals surface area contributed by atoms with Crippen LogP contribution in [0.15, 0.2) is 22.5 Å². The van der Waals surface area contributed by atoms with Gasteiger partial charge in [0, 0.05) is 37.2 Å². The highest BCUT2D eigenvalue weighted by Gasteiger charge is 2.48. The molecule has 1 amide bonds. The zero-order valence-corrected chi connectivity index (χ0v) is 21.7. The Morgan fingerprint density at radius 3 is 2.32 bits per heavy atom. The van der Waals surface area contributed by atoms with Crippen molar-refractivity contribution < 1.29 is 13.2 Å². The minimum Gasteiger partial charge on any atom is -0.388 e. The first-order valence-electron chi connectivity index (χ1n) is 12.6. The molecule has 1 saturated heterocycles. The Hall–Kier alpha value is -2.19. The normalized spacial score (nSPS) is 25.5. The minimum absolute atomic E-state index is 0.0522. The summed E-state index contributed by atoms with van der Waals surface area (Å²) in [6.07, 6.45) is 8.29. The smallest absolute Gasteiger partial charge is 0.253 e. The molecule has 8 heteroatoms. The van der Waals surface area contributed by atoms with E-state index in [0.29, 0.717) is 31.8 Å². The van der Waals surface area contributed by atoms with E-state index < -0.39 is 15.6 Å². The summed E-state index contributed by atoms with van der Waals surface area (Å²) in [5.74, 6) is 1.91. The van der Waals surface area contributed by atoms with Gasteiger partial charge in [0.15, 0.2) is 0 Å². The molecule has 1 aliphatic carbocycles. The predicted octanol–water partition coefficient (Wildman–Crippen LogP) is 4.22. The molecule has 0 atom stereocenters. The van der Waals surface area contributed by atoms with Crippen LogP contribution in [0.2, 0.25) is 0 Å². The van der Waals surface area contributed by atoms with Gasteiger partial charge in [-0.2, -0.15) is 4.31 Å². The number of carbonyl (C=O) groups is 1. The van der Waals surface area contributed by atoms with E-state index in [0.717, 1.165) is 47.0 Å². The Morgan fingerprint density at radius 1 is 1.15 bits per heavy atom. The standard InChI is InChI=1S/C26H38N4O3S/c1-5-20-6-8-21(9-7-20)24-28-25(31)26(29-24)11-13-30(14-12-26)34(32,33)15-10-23-18(2)16-22(27-4)17-19(23)3/h10,15-17,20-21,27H,5-9,11-14H2,1-4H3,(H,28,29,31)/b15-10+. The van der Waals surface area contributed by atoms with Gasteiger partial charge in [-0.25, -0.2) is 8.42 Å². The summed E-state index contributed by atoms with van der Waals surface area (Å²) in [5.41, 5.74) is 3.16. The highest BCUT2D eigenvalue weighted by molar-refractivity contribution is 7.92. The molecule has 4 rings (SSSR count). The number of carbonyl (C=O) groups excluding carboxylic acids is 1. The van der Waals surface area contributed by atoms with Crippen LogP contribution < -0.4 is 10.6 Å². The van der Waals surface area contributed by atoms with Crippen LogP contribution in [0.3, 0.4) is 0 Å². The van der Waals surface area contributed by atoms with Crippen molar-refractivity contribution in [3.63, 3.8) is 0 Å². The van der Waals surface area contributed by atoms with E-state index in [9.17, 15) is 13.2 Å². The average Bonchev–Trinajstić information content (AvgIpc) is 3.14. The fourth-order valence-corrected chi connectivity index (χ4v) is 6.82. The van der Waals surface area contributed by atoms with Crippen molar-refractivity contribution >= 4 is 33.5 Å². The molecule has 34 heavy (non-hydrogen) atoms. The third-order valence-electron chi connectivity index (χ3n) is 8.01. The first-order valence-corrected chi connectivity index (χ1v) is 14.1. The van der Waals surface area contributed by atoms with E-state index in [1.54, 1.807) is 6.08 Å². The van der Waals surface area contributed by atoms with Gasteiger partial charge < -0.3 is 10.6 Å². The Balaban J connectivity index is 1.42. The van der Waals surface area contributed by atoms with Crippen LogP contribution in [-0.2, 0) is 14.8 Å². The summed E-state index contributed by atoms with van der Waals surface area (Å²) in [6.45, 7) is 6.81. The zero-order valence-electron chi connectivity index (χ0n) is 20.9. The maximum atomic E-state index is 13.1. The van der Waals surface area contributed by atoms with Crippen molar-refractivity contribution in [3.05, 3.63) is 34.2 Å². The van der Waals surface area contributed by atoms with Crippen LogP contribution in [0.25, 0.3) is 6.08 Å². The third-order valence-corrected chi connectivity index (χ3v) is 9.57. The number of anilines is 1. The highest BCUT2D eigenvalue weighted by Crippen LogP contribution is 2.36. The molecule has 2 fully saturated rings. The van der Waals surface area contributed by atoms with Crippen molar-refractivity contribution in [2.75, 3.05) is 25.5 Å². The molecule has 2 heterocycles. The number of aliphatic imine (C=N–C) groups is 1. The van der Waals surface area contributed by atoms with E-state index in [1.165, 1.54) is 29.0 Å². The predicted molar refractivity (Wildman–Crippen MR) is 138 cm³/mol. The van der Waals surface area contributed by atoms with Crippen molar-refractivity contribution in [3.8, 4) is 0 Å². The number of piperidine rings is 1. The number of rotatable bonds is 6. The molecule has 186 valence electrons. The molecule has 1 aromatic carbocycles. The van der Waals surface area contributed by atoms with Gasteiger partial charge >= 0.3 is 0 Å². The molecule has 1 saturated carbocycles. The topological polar surface area (TPSA) is 90.9 Å².